The van der Waals surface area contributed by atoms with E-state index >= 15 is 0 Å². The number of hydrogen-bond acceptors (Lipinski definition) is 4. The van der Waals surface area contributed by atoms with Crippen molar-refractivity contribution in [2.24, 2.45) is 0 Å². The van der Waals surface area contributed by atoms with Crippen molar-refractivity contribution in [3.8, 4) is 11.3 Å². The predicted molar refractivity (Wildman–Crippen MR) is 107 cm³/mol. The maximum atomic E-state index is 13.1. The topological polar surface area (TPSA) is 71.2 Å². The molecule has 1 aliphatic rings. The van der Waals surface area contributed by atoms with Crippen molar-refractivity contribution in [1.29, 1.82) is 0 Å². The maximum Gasteiger partial charge on any atom is 0.270 e. The molecule has 0 unspecified atom stereocenters. The SMILES string of the molecule is Cc1ccc(CO)c(CN2CCn3cc(-c4nc(Cl)ncc4C)cc3C2=O)c1. The van der Waals surface area contributed by atoms with Crippen LogP contribution < -0.4 is 0 Å². The van der Waals surface area contributed by atoms with Gasteiger partial charge < -0.3 is 14.6 Å². The van der Waals surface area contributed by atoms with Gasteiger partial charge in [-0.05, 0) is 48.2 Å². The van der Waals surface area contributed by atoms with Crippen LogP contribution in [0.15, 0.2) is 36.7 Å². The number of aliphatic hydroxyl groups is 1. The normalized spacial score (nSPS) is 13.7. The molecule has 0 spiro atoms. The molecule has 1 N–H and O–H groups in total. The highest BCUT2D eigenvalue weighted by molar-refractivity contribution is 6.28. The molecule has 6 nitrogen and oxygen atoms in total. The smallest absolute Gasteiger partial charge is 0.270 e. The molecule has 0 atom stereocenters. The number of fused-ring (bicyclic) bond motifs is 1. The van der Waals surface area contributed by atoms with Crippen LogP contribution in [-0.4, -0.2) is 37.0 Å². The Morgan fingerprint density at radius 1 is 1.18 bits per heavy atom. The van der Waals surface area contributed by atoms with Crippen molar-refractivity contribution < 1.29 is 9.90 Å². The molecular formula is C21H21ClN4O2. The summed E-state index contributed by atoms with van der Waals surface area (Å²) in [6.45, 7) is 5.70. The summed E-state index contributed by atoms with van der Waals surface area (Å²) in [6, 6.07) is 7.79. The summed E-state index contributed by atoms with van der Waals surface area (Å²) in [5.74, 6) is -0.0271. The number of nitrogens with zero attached hydrogens (tertiary/aromatic N) is 4. The first kappa shape index (κ1) is 18.7. The molecule has 3 heterocycles. The summed E-state index contributed by atoms with van der Waals surface area (Å²) in [5, 5.41) is 9.80. The van der Waals surface area contributed by atoms with Crippen LogP contribution in [0.1, 0.15) is 32.7 Å². The molecule has 0 bridgehead atoms. The van der Waals surface area contributed by atoms with Crippen molar-refractivity contribution in [3.05, 3.63) is 69.9 Å². The molecule has 28 heavy (non-hydrogen) atoms. The summed E-state index contributed by atoms with van der Waals surface area (Å²) in [5.41, 5.74) is 6.08. The van der Waals surface area contributed by atoms with Crippen molar-refractivity contribution >= 4 is 17.5 Å². The van der Waals surface area contributed by atoms with Gasteiger partial charge in [0.2, 0.25) is 5.28 Å². The first-order valence-corrected chi connectivity index (χ1v) is 9.52. The standard InChI is InChI=1S/C21H21ClN4O2/c1-13-3-4-15(12-27)16(7-13)10-26-6-5-25-11-17(8-18(25)20(26)28)19-14(2)9-23-21(22)24-19/h3-4,7-9,11,27H,5-6,10,12H2,1-2H3. The third-order valence-corrected chi connectivity index (χ3v) is 5.30. The third kappa shape index (κ3) is 3.41. The second-order valence-corrected chi connectivity index (χ2v) is 7.47. The second-order valence-electron chi connectivity index (χ2n) is 7.14. The first-order valence-electron chi connectivity index (χ1n) is 9.14. The molecule has 3 aromatic rings. The van der Waals surface area contributed by atoms with Crippen molar-refractivity contribution in [3.63, 3.8) is 0 Å². The molecule has 2 aromatic heterocycles. The number of halogens is 1. The van der Waals surface area contributed by atoms with Gasteiger partial charge in [-0.2, -0.15) is 0 Å². The van der Waals surface area contributed by atoms with Crippen LogP contribution in [0.4, 0.5) is 0 Å². The third-order valence-electron chi connectivity index (χ3n) is 5.12. The Bertz CT molecular complexity index is 1060. The lowest BCUT2D eigenvalue weighted by molar-refractivity contribution is 0.0689. The van der Waals surface area contributed by atoms with Crippen molar-refractivity contribution in [2.45, 2.75) is 33.5 Å². The van der Waals surface area contributed by atoms with E-state index in [-0.39, 0.29) is 17.8 Å². The average Bonchev–Trinajstić information content (AvgIpc) is 3.11. The molecule has 1 amide bonds. The van der Waals surface area contributed by atoms with E-state index in [1.54, 1.807) is 6.20 Å². The van der Waals surface area contributed by atoms with E-state index in [1.165, 1.54) is 0 Å². The Morgan fingerprint density at radius 2 is 2.00 bits per heavy atom. The maximum absolute atomic E-state index is 13.1. The summed E-state index contributed by atoms with van der Waals surface area (Å²) in [4.78, 5) is 23.2. The molecule has 1 aromatic carbocycles. The van der Waals surface area contributed by atoms with Crippen LogP contribution in [0.3, 0.4) is 0 Å². The fourth-order valence-corrected chi connectivity index (χ4v) is 3.75. The first-order chi connectivity index (χ1) is 13.5. The van der Waals surface area contributed by atoms with Gasteiger partial charge in [0.15, 0.2) is 0 Å². The number of hydrogen-bond donors (Lipinski definition) is 1. The fraction of sp³-hybridized carbons (Fsp3) is 0.286. The minimum absolute atomic E-state index is 0.0271. The van der Waals surface area contributed by atoms with E-state index in [0.29, 0.717) is 25.3 Å². The van der Waals surface area contributed by atoms with Crippen LogP contribution in [0, 0.1) is 13.8 Å². The van der Waals surface area contributed by atoms with Gasteiger partial charge in [0.05, 0.1) is 12.3 Å². The Balaban J connectivity index is 1.63. The summed E-state index contributed by atoms with van der Waals surface area (Å²) in [7, 11) is 0. The molecule has 0 aliphatic carbocycles. The van der Waals surface area contributed by atoms with Crippen LogP contribution in [-0.2, 0) is 19.7 Å². The molecule has 0 saturated heterocycles. The molecule has 0 fully saturated rings. The van der Waals surface area contributed by atoms with Gasteiger partial charge in [-0.1, -0.05) is 23.8 Å². The quantitative estimate of drug-likeness (QED) is 0.686. The summed E-state index contributed by atoms with van der Waals surface area (Å²) >= 11 is 5.95. The van der Waals surface area contributed by atoms with Gasteiger partial charge in [-0.25, -0.2) is 9.97 Å². The average molecular weight is 397 g/mol. The zero-order valence-electron chi connectivity index (χ0n) is 15.8. The molecule has 7 heteroatoms. The number of carbonyl (C=O) groups is 1. The molecular weight excluding hydrogens is 376 g/mol. The van der Waals surface area contributed by atoms with E-state index in [2.05, 4.69) is 9.97 Å². The highest BCUT2D eigenvalue weighted by Crippen LogP contribution is 2.27. The number of aromatic nitrogens is 3. The predicted octanol–water partition coefficient (Wildman–Crippen LogP) is 3.36. The molecule has 1 aliphatic heterocycles. The van der Waals surface area contributed by atoms with Crippen molar-refractivity contribution in [2.75, 3.05) is 6.54 Å². The second kappa shape index (κ2) is 7.37. The molecule has 144 valence electrons. The van der Waals surface area contributed by atoms with Crippen molar-refractivity contribution in [1.82, 2.24) is 19.4 Å². The number of rotatable bonds is 4. The van der Waals surface area contributed by atoms with Gasteiger partial charge in [0.1, 0.15) is 5.69 Å². The van der Waals surface area contributed by atoms with Crippen LogP contribution >= 0.6 is 11.6 Å². The zero-order valence-corrected chi connectivity index (χ0v) is 16.6. The monoisotopic (exact) mass is 396 g/mol. The van der Waals surface area contributed by atoms with E-state index in [1.807, 2.05) is 53.8 Å². The highest BCUT2D eigenvalue weighted by atomic mass is 35.5. The fourth-order valence-electron chi connectivity index (χ4n) is 3.62. The van der Waals surface area contributed by atoms with Crippen LogP contribution in [0.5, 0.6) is 0 Å². The Labute approximate surface area is 168 Å². The van der Waals surface area contributed by atoms with Gasteiger partial charge in [-0.3, -0.25) is 4.79 Å². The molecule has 0 radical (unpaired) electrons. The van der Waals surface area contributed by atoms with E-state index in [0.717, 1.165) is 33.5 Å². The number of amides is 1. The van der Waals surface area contributed by atoms with Gasteiger partial charge in [0.25, 0.3) is 5.91 Å². The summed E-state index contributed by atoms with van der Waals surface area (Å²) < 4.78 is 1.97. The van der Waals surface area contributed by atoms with Gasteiger partial charge in [-0.15, -0.1) is 0 Å². The number of carbonyl (C=O) groups excluding carboxylic acids is 1. The molecule has 0 saturated carbocycles. The lowest BCUT2D eigenvalue weighted by Gasteiger charge is -2.29. The Morgan fingerprint density at radius 3 is 2.79 bits per heavy atom. The number of aryl methyl sites for hydroxylation is 2. The minimum atomic E-state index is -0.0358. The van der Waals surface area contributed by atoms with Gasteiger partial charge >= 0.3 is 0 Å². The molecule has 4 rings (SSSR count). The lowest BCUT2D eigenvalue weighted by Crippen LogP contribution is -2.39. The van der Waals surface area contributed by atoms with Crippen LogP contribution in [0.2, 0.25) is 5.28 Å². The zero-order chi connectivity index (χ0) is 19.8. The van der Waals surface area contributed by atoms with Crippen LogP contribution in [0.25, 0.3) is 11.3 Å². The number of aliphatic hydroxyl groups excluding tert-OH is 1. The number of benzene rings is 1. The Hall–Kier alpha value is -2.70. The summed E-state index contributed by atoms with van der Waals surface area (Å²) in [6.07, 6.45) is 3.63. The lowest BCUT2D eigenvalue weighted by atomic mass is 10.0. The largest absolute Gasteiger partial charge is 0.392 e. The van der Waals surface area contributed by atoms with E-state index in [9.17, 15) is 9.90 Å². The van der Waals surface area contributed by atoms with Gasteiger partial charge in [0, 0.05) is 37.6 Å². The van der Waals surface area contributed by atoms with E-state index in [4.69, 9.17) is 11.6 Å². The Kier molecular flexibility index (Phi) is 4.91. The minimum Gasteiger partial charge on any atom is -0.392 e. The highest BCUT2D eigenvalue weighted by Gasteiger charge is 2.26. The van der Waals surface area contributed by atoms with E-state index < -0.39 is 0 Å².